The number of nitrogen functional groups attached to an aromatic ring is 1. The van der Waals surface area contributed by atoms with Crippen molar-refractivity contribution in [2.24, 2.45) is 11.7 Å². The molecule has 0 atom stereocenters. The number of pyridine rings is 2. The second-order valence-electron chi connectivity index (χ2n) is 9.47. The van der Waals surface area contributed by atoms with Crippen LogP contribution < -0.4 is 11.5 Å². The molecule has 4 N–H and O–H groups in total. The SMILES string of the molecule is NC(=O)OC(=O)C1CCC(n2cc(-c3ccc4ccc(-c5ccccn5)nc4c3)c3c(N)ncnc32)CC1. The number of hydrogen-bond donors (Lipinski definition) is 2. The number of benzene rings is 1. The molecule has 1 fully saturated rings. The number of aromatic nitrogens is 5. The number of amides is 1. The largest absolute Gasteiger partial charge is 0.412 e. The molecule has 6 rings (SSSR count). The highest BCUT2D eigenvalue weighted by Crippen LogP contribution is 2.40. The second-order valence-corrected chi connectivity index (χ2v) is 9.47. The lowest BCUT2D eigenvalue weighted by molar-refractivity contribution is -0.143. The molecular formula is C28H25N7O3. The van der Waals surface area contributed by atoms with E-state index in [2.05, 4.69) is 30.5 Å². The number of nitrogens with zero attached hydrogens (tertiary/aromatic N) is 5. The summed E-state index contributed by atoms with van der Waals surface area (Å²) >= 11 is 0. The lowest BCUT2D eigenvalue weighted by Gasteiger charge is -2.28. The van der Waals surface area contributed by atoms with E-state index >= 15 is 0 Å². The van der Waals surface area contributed by atoms with Crippen LogP contribution in [0, 0.1) is 5.92 Å². The fourth-order valence-electron chi connectivity index (χ4n) is 5.32. The van der Waals surface area contributed by atoms with Crippen molar-refractivity contribution < 1.29 is 14.3 Å². The number of esters is 1. The predicted molar refractivity (Wildman–Crippen MR) is 143 cm³/mol. The van der Waals surface area contributed by atoms with Crippen LogP contribution in [0.1, 0.15) is 31.7 Å². The van der Waals surface area contributed by atoms with Gasteiger partial charge < -0.3 is 20.8 Å². The number of carbonyl (C=O) groups excluding carboxylic acids is 2. The maximum atomic E-state index is 12.1. The molecule has 5 aromatic rings. The van der Waals surface area contributed by atoms with Gasteiger partial charge in [0, 0.05) is 29.4 Å². The summed E-state index contributed by atoms with van der Waals surface area (Å²) in [5.41, 5.74) is 16.4. The molecule has 0 aliphatic heterocycles. The van der Waals surface area contributed by atoms with Crippen molar-refractivity contribution in [2.45, 2.75) is 31.7 Å². The highest BCUT2D eigenvalue weighted by molar-refractivity contribution is 6.02. The van der Waals surface area contributed by atoms with E-state index < -0.39 is 12.1 Å². The molecule has 1 aliphatic rings. The molecule has 0 spiro atoms. The molecule has 0 saturated heterocycles. The molecule has 190 valence electrons. The van der Waals surface area contributed by atoms with Crippen LogP contribution >= 0.6 is 0 Å². The standard InChI is InChI=1S/C28H25N7O3/c29-25-24-20(18-5-4-16-8-11-22(34-23(16)13-18)21-3-1-2-12-31-21)14-35(26(24)33-15-32-25)19-9-6-17(7-10-19)27(36)38-28(30)37/h1-5,8,11-15,17,19H,6-7,9-10H2,(H2,30,37)(H2,29,32,33). The minimum atomic E-state index is -1.07. The zero-order chi connectivity index (χ0) is 26.2. The normalized spacial score (nSPS) is 17.5. The molecule has 4 aromatic heterocycles. The number of anilines is 1. The molecule has 0 unspecified atom stereocenters. The van der Waals surface area contributed by atoms with Crippen LogP contribution in [0.4, 0.5) is 10.6 Å². The van der Waals surface area contributed by atoms with E-state index in [-0.39, 0.29) is 12.0 Å². The van der Waals surface area contributed by atoms with Crippen molar-refractivity contribution >= 4 is 39.8 Å². The zero-order valence-electron chi connectivity index (χ0n) is 20.4. The first-order valence-corrected chi connectivity index (χ1v) is 12.4. The van der Waals surface area contributed by atoms with Crippen LogP contribution in [0.3, 0.4) is 0 Å². The highest BCUT2D eigenvalue weighted by Gasteiger charge is 2.30. The van der Waals surface area contributed by atoms with Crippen LogP contribution in [-0.4, -0.2) is 36.6 Å². The lowest BCUT2D eigenvalue weighted by Crippen LogP contribution is -2.28. The number of rotatable bonds is 4. The molecule has 0 radical (unpaired) electrons. The Kier molecular flexibility index (Phi) is 5.91. The smallest absolute Gasteiger partial charge is 0.383 e. The first-order chi connectivity index (χ1) is 18.5. The molecule has 38 heavy (non-hydrogen) atoms. The summed E-state index contributed by atoms with van der Waals surface area (Å²) in [6.07, 6.45) is 6.83. The van der Waals surface area contributed by atoms with Gasteiger partial charge in [0.1, 0.15) is 17.8 Å². The maximum absolute atomic E-state index is 12.1. The minimum absolute atomic E-state index is 0.104. The first kappa shape index (κ1) is 23.5. The summed E-state index contributed by atoms with van der Waals surface area (Å²) in [6, 6.07) is 16.0. The summed E-state index contributed by atoms with van der Waals surface area (Å²) in [4.78, 5) is 41.2. The average Bonchev–Trinajstić information content (AvgIpc) is 3.34. The summed E-state index contributed by atoms with van der Waals surface area (Å²) in [5.74, 6) is -0.508. The Morgan fingerprint density at radius 2 is 1.76 bits per heavy atom. The van der Waals surface area contributed by atoms with Crippen LogP contribution in [-0.2, 0) is 9.53 Å². The third-order valence-corrected chi connectivity index (χ3v) is 7.19. The number of nitrogens with two attached hydrogens (primary N) is 2. The van der Waals surface area contributed by atoms with Crippen molar-refractivity contribution in [1.29, 1.82) is 0 Å². The van der Waals surface area contributed by atoms with E-state index in [9.17, 15) is 9.59 Å². The third-order valence-electron chi connectivity index (χ3n) is 7.19. The van der Waals surface area contributed by atoms with Crippen LogP contribution in [0.2, 0.25) is 0 Å². The number of fused-ring (bicyclic) bond motifs is 2. The molecule has 1 aliphatic carbocycles. The molecule has 1 amide bonds. The highest BCUT2D eigenvalue weighted by atomic mass is 16.6. The maximum Gasteiger partial charge on any atom is 0.412 e. The van der Waals surface area contributed by atoms with Gasteiger partial charge in [-0.05, 0) is 55.5 Å². The molecule has 1 aromatic carbocycles. The van der Waals surface area contributed by atoms with Gasteiger partial charge in [-0.2, -0.15) is 0 Å². The summed E-state index contributed by atoms with van der Waals surface area (Å²) < 4.78 is 6.72. The van der Waals surface area contributed by atoms with Crippen molar-refractivity contribution in [2.75, 3.05) is 5.73 Å². The summed E-state index contributed by atoms with van der Waals surface area (Å²) in [5, 5.41) is 1.80. The van der Waals surface area contributed by atoms with Crippen LogP contribution in [0.5, 0.6) is 0 Å². The van der Waals surface area contributed by atoms with Crippen molar-refractivity contribution in [3.05, 3.63) is 67.3 Å². The van der Waals surface area contributed by atoms with E-state index in [0.29, 0.717) is 18.7 Å². The number of ether oxygens (including phenoxy) is 1. The quantitative estimate of drug-likeness (QED) is 0.263. The molecule has 10 nitrogen and oxygen atoms in total. The van der Waals surface area contributed by atoms with Gasteiger partial charge in [-0.15, -0.1) is 0 Å². The molecule has 0 bridgehead atoms. The fraction of sp³-hybridized carbons (Fsp3) is 0.214. The van der Waals surface area contributed by atoms with E-state index in [1.54, 1.807) is 6.20 Å². The Hall–Kier alpha value is -4.86. The molecule has 1 saturated carbocycles. The molecular weight excluding hydrogens is 482 g/mol. The Labute approximate surface area is 217 Å². The Morgan fingerprint density at radius 1 is 0.947 bits per heavy atom. The topological polar surface area (TPSA) is 152 Å². The Morgan fingerprint density at radius 3 is 2.53 bits per heavy atom. The lowest BCUT2D eigenvalue weighted by atomic mass is 9.86. The van der Waals surface area contributed by atoms with Gasteiger partial charge in [-0.1, -0.05) is 24.3 Å². The average molecular weight is 508 g/mol. The zero-order valence-corrected chi connectivity index (χ0v) is 20.4. The summed E-state index contributed by atoms with van der Waals surface area (Å²) in [7, 11) is 0. The van der Waals surface area contributed by atoms with Gasteiger partial charge in [0.25, 0.3) is 0 Å². The number of carbonyl (C=O) groups is 2. The van der Waals surface area contributed by atoms with Gasteiger partial charge in [0.15, 0.2) is 0 Å². The Balaban J connectivity index is 1.37. The summed E-state index contributed by atoms with van der Waals surface area (Å²) in [6.45, 7) is 0. The van der Waals surface area contributed by atoms with Crippen molar-refractivity contribution in [3.8, 4) is 22.5 Å². The van der Waals surface area contributed by atoms with E-state index in [0.717, 1.165) is 57.3 Å². The van der Waals surface area contributed by atoms with E-state index in [1.165, 1.54) is 6.33 Å². The van der Waals surface area contributed by atoms with Gasteiger partial charge >= 0.3 is 12.1 Å². The van der Waals surface area contributed by atoms with E-state index in [4.69, 9.17) is 16.5 Å². The monoisotopic (exact) mass is 507 g/mol. The molecule has 10 heteroatoms. The minimum Gasteiger partial charge on any atom is -0.383 e. The first-order valence-electron chi connectivity index (χ1n) is 12.4. The fourth-order valence-corrected chi connectivity index (χ4v) is 5.32. The van der Waals surface area contributed by atoms with Gasteiger partial charge in [0.2, 0.25) is 0 Å². The van der Waals surface area contributed by atoms with Gasteiger partial charge in [0.05, 0.1) is 28.2 Å². The Bertz CT molecular complexity index is 1670. The number of hydrogen-bond acceptors (Lipinski definition) is 8. The third kappa shape index (κ3) is 4.30. The van der Waals surface area contributed by atoms with Crippen LogP contribution in [0.25, 0.3) is 44.5 Å². The van der Waals surface area contributed by atoms with Gasteiger partial charge in [-0.3, -0.25) is 9.78 Å². The predicted octanol–water partition coefficient (Wildman–Crippen LogP) is 4.64. The van der Waals surface area contributed by atoms with Crippen molar-refractivity contribution in [1.82, 2.24) is 24.5 Å². The van der Waals surface area contributed by atoms with E-state index in [1.807, 2.05) is 48.5 Å². The van der Waals surface area contributed by atoms with Crippen molar-refractivity contribution in [3.63, 3.8) is 0 Å². The number of primary amides is 1. The van der Waals surface area contributed by atoms with Crippen LogP contribution in [0.15, 0.2) is 67.3 Å². The molecule has 4 heterocycles. The second kappa shape index (κ2) is 9.55. The van der Waals surface area contributed by atoms with Gasteiger partial charge in [-0.25, -0.2) is 19.7 Å².